The number of H-pyrrole nitrogens is 1. The molecule has 0 radical (unpaired) electrons. The van der Waals surface area contributed by atoms with Gasteiger partial charge < -0.3 is 10.2 Å². The van der Waals surface area contributed by atoms with Gasteiger partial charge in [0.05, 0.1) is 12.6 Å². The van der Waals surface area contributed by atoms with E-state index >= 15 is 0 Å². The maximum Gasteiger partial charge on any atom is 0.253 e. The molecule has 102 valence electrons. The second-order valence-electron chi connectivity index (χ2n) is 4.86. The normalized spacial score (nSPS) is 12.9. The number of aromatic amines is 1. The lowest BCUT2D eigenvalue weighted by Crippen LogP contribution is -2.26. The van der Waals surface area contributed by atoms with Gasteiger partial charge in [0, 0.05) is 36.6 Å². The second kappa shape index (κ2) is 4.80. The van der Waals surface area contributed by atoms with Crippen LogP contribution < -0.4 is 5.32 Å². The number of carbonyl (C=O) groups is 2. The summed E-state index contributed by atoms with van der Waals surface area (Å²) in [5, 5.41) is 9.32. The van der Waals surface area contributed by atoms with Crippen molar-refractivity contribution in [3.05, 3.63) is 47.3 Å². The third-order valence-corrected chi connectivity index (χ3v) is 3.30. The molecular formula is C14H14N4O2. The van der Waals surface area contributed by atoms with Crippen molar-refractivity contribution in [2.75, 3.05) is 12.4 Å². The van der Waals surface area contributed by atoms with Crippen molar-refractivity contribution < 1.29 is 9.59 Å². The van der Waals surface area contributed by atoms with Gasteiger partial charge >= 0.3 is 0 Å². The fourth-order valence-electron chi connectivity index (χ4n) is 2.28. The van der Waals surface area contributed by atoms with Crippen molar-refractivity contribution in [3.8, 4) is 0 Å². The van der Waals surface area contributed by atoms with Crippen LogP contribution in [0.5, 0.6) is 0 Å². The Morgan fingerprint density at radius 3 is 3.05 bits per heavy atom. The van der Waals surface area contributed by atoms with Gasteiger partial charge in [-0.2, -0.15) is 5.10 Å². The highest BCUT2D eigenvalue weighted by Gasteiger charge is 2.20. The van der Waals surface area contributed by atoms with Crippen LogP contribution >= 0.6 is 0 Å². The van der Waals surface area contributed by atoms with Crippen LogP contribution in [0.25, 0.3) is 0 Å². The highest BCUT2D eigenvalue weighted by atomic mass is 16.2. The van der Waals surface area contributed by atoms with Crippen LogP contribution in [0, 0.1) is 0 Å². The number of hydrogen-bond acceptors (Lipinski definition) is 3. The Kier molecular flexibility index (Phi) is 2.98. The molecule has 1 aliphatic heterocycles. The molecule has 6 heteroatoms. The average Bonchev–Trinajstić information content (AvgIpc) is 3.04. The molecule has 0 saturated heterocycles. The lowest BCUT2D eigenvalue weighted by Gasteiger charge is -2.16. The maximum absolute atomic E-state index is 12.3. The molecule has 0 aliphatic carbocycles. The molecule has 0 unspecified atom stereocenters. The zero-order chi connectivity index (χ0) is 14.1. The molecule has 0 fully saturated rings. The first kappa shape index (κ1) is 12.4. The molecule has 0 spiro atoms. The first-order valence-electron chi connectivity index (χ1n) is 6.29. The SMILES string of the molecule is CN(Cc1cn[nH]c1)C(=O)c1ccc2c(c1)NC(=O)C2. The predicted molar refractivity (Wildman–Crippen MR) is 73.2 cm³/mol. The summed E-state index contributed by atoms with van der Waals surface area (Å²) in [4.78, 5) is 25.3. The third-order valence-electron chi connectivity index (χ3n) is 3.30. The maximum atomic E-state index is 12.3. The predicted octanol–water partition coefficient (Wildman–Crippen LogP) is 1.18. The number of carbonyl (C=O) groups excluding carboxylic acids is 2. The molecule has 20 heavy (non-hydrogen) atoms. The lowest BCUT2D eigenvalue weighted by atomic mass is 10.1. The van der Waals surface area contributed by atoms with Gasteiger partial charge in [0.25, 0.3) is 5.91 Å². The number of nitrogens with one attached hydrogen (secondary N) is 2. The van der Waals surface area contributed by atoms with E-state index in [2.05, 4.69) is 15.5 Å². The van der Waals surface area contributed by atoms with E-state index in [1.165, 1.54) is 0 Å². The number of anilines is 1. The van der Waals surface area contributed by atoms with Gasteiger partial charge in [-0.05, 0) is 17.7 Å². The average molecular weight is 270 g/mol. The van der Waals surface area contributed by atoms with Crippen molar-refractivity contribution in [1.82, 2.24) is 15.1 Å². The summed E-state index contributed by atoms with van der Waals surface area (Å²) >= 11 is 0. The lowest BCUT2D eigenvalue weighted by molar-refractivity contribution is -0.115. The smallest absolute Gasteiger partial charge is 0.253 e. The highest BCUT2D eigenvalue weighted by molar-refractivity contribution is 6.02. The zero-order valence-electron chi connectivity index (χ0n) is 11.0. The van der Waals surface area contributed by atoms with E-state index in [1.54, 1.807) is 36.5 Å². The topological polar surface area (TPSA) is 78.1 Å². The Bertz CT molecular complexity index is 664. The number of benzene rings is 1. The Hall–Kier alpha value is -2.63. The number of hydrogen-bond donors (Lipinski definition) is 2. The Morgan fingerprint density at radius 1 is 1.45 bits per heavy atom. The van der Waals surface area contributed by atoms with E-state index in [0.29, 0.717) is 18.5 Å². The number of nitrogens with zero attached hydrogens (tertiary/aromatic N) is 2. The molecule has 2 aromatic rings. The minimum atomic E-state index is -0.0878. The summed E-state index contributed by atoms with van der Waals surface area (Å²) < 4.78 is 0. The van der Waals surface area contributed by atoms with Crippen molar-refractivity contribution in [2.45, 2.75) is 13.0 Å². The van der Waals surface area contributed by atoms with E-state index in [-0.39, 0.29) is 11.8 Å². The van der Waals surface area contributed by atoms with E-state index in [1.807, 2.05) is 6.07 Å². The number of fused-ring (bicyclic) bond motifs is 1. The fourth-order valence-corrected chi connectivity index (χ4v) is 2.28. The van der Waals surface area contributed by atoms with Gasteiger partial charge in [-0.3, -0.25) is 14.7 Å². The Labute approximate surface area is 115 Å². The van der Waals surface area contributed by atoms with E-state index in [9.17, 15) is 9.59 Å². The van der Waals surface area contributed by atoms with Crippen LogP contribution in [0.15, 0.2) is 30.6 Å². The van der Waals surface area contributed by atoms with Gasteiger partial charge in [0.1, 0.15) is 0 Å². The number of amides is 2. The molecule has 1 aromatic carbocycles. The van der Waals surface area contributed by atoms with Gasteiger partial charge in [-0.15, -0.1) is 0 Å². The van der Waals surface area contributed by atoms with Crippen LogP contribution in [0.1, 0.15) is 21.5 Å². The molecule has 2 N–H and O–H groups in total. The monoisotopic (exact) mass is 270 g/mol. The second-order valence-corrected chi connectivity index (χ2v) is 4.86. The van der Waals surface area contributed by atoms with Crippen LogP contribution in [-0.2, 0) is 17.8 Å². The fraction of sp³-hybridized carbons (Fsp3) is 0.214. The molecule has 2 heterocycles. The summed E-state index contributed by atoms with van der Waals surface area (Å²) in [5.74, 6) is -0.119. The molecule has 0 atom stereocenters. The summed E-state index contributed by atoms with van der Waals surface area (Å²) in [5.41, 5.74) is 3.17. The van der Waals surface area contributed by atoms with E-state index in [0.717, 1.165) is 16.8 Å². The summed E-state index contributed by atoms with van der Waals surface area (Å²) in [7, 11) is 1.74. The molecule has 2 amide bonds. The Morgan fingerprint density at radius 2 is 2.30 bits per heavy atom. The summed E-state index contributed by atoms with van der Waals surface area (Å²) in [6, 6.07) is 5.31. The van der Waals surface area contributed by atoms with Gasteiger partial charge in [-0.25, -0.2) is 0 Å². The van der Waals surface area contributed by atoms with Gasteiger partial charge in [0.2, 0.25) is 5.91 Å². The molecule has 0 saturated carbocycles. The minimum absolute atomic E-state index is 0.0312. The number of aromatic nitrogens is 2. The largest absolute Gasteiger partial charge is 0.337 e. The molecular weight excluding hydrogens is 256 g/mol. The summed E-state index contributed by atoms with van der Waals surface area (Å²) in [6.07, 6.45) is 3.83. The standard InChI is InChI=1S/C14H14N4O2/c1-18(8-9-6-15-16-7-9)14(20)11-3-2-10-5-13(19)17-12(10)4-11/h2-4,6-7H,5,8H2,1H3,(H,15,16)(H,17,19). The quantitative estimate of drug-likeness (QED) is 0.879. The first-order chi connectivity index (χ1) is 9.63. The molecule has 1 aromatic heterocycles. The molecule has 6 nitrogen and oxygen atoms in total. The van der Waals surface area contributed by atoms with Gasteiger partial charge in [0.15, 0.2) is 0 Å². The van der Waals surface area contributed by atoms with E-state index in [4.69, 9.17) is 0 Å². The Balaban J connectivity index is 1.77. The van der Waals surface area contributed by atoms with Crippen molar-refractivity contribution in [3.63, 3.8) is 0 Å². The van der Waals surface area contributed by atoms with Crippen LogP contribution in [-0.4, -0.2) is 34.0 Å². The summed E-state index contributed by atoms with van der Waals surface area (Å²) in [6.45, 7) is 0.485. The van der Waals surface area contributed by atoms with Gasteiger partial charge in [-0.1, -0.05) is 6.07 Å². The minimum Gasteiger partial charge on any atom is -0.337 e. The van der Waals surface area contributed by atoms with Crippen molar-refractivity contribution in [2.24, 2.45) is 0 Å². The van der Waals surface area contributed by atoms with Crippen LogP contribution in [0.2, 0.25) is 0 Å². The molecule has 3 rings (SSSR count). The highest BCUT2D eigenvalue weighted by Crippen LogP contribution is 2.24. The first-order valence-corrected chi connectivity index (χ1v) is 6.29. The third kappa shape index (κ3) is 2.27. The zero-order valence-corrected chi connectivity index (χ0v) is 11.0. The number of rotatable bonds is 3. The van der Waals surface area contributed by atoms with Crippen molar-refractivity contribution >= 4 is 17.5 Å². The molecule has 1 aliphatic rings. The van der Waals surface area contributed by atoms with Crippen molar-refractivity contribution in [1.29, 1.82) is 0 Å². The molecule has 0 bridgehead atoms. The van der Waals surface area contributed by atoms with Crippen LogP contribution in [0.3, 0.4) is 0 Å². The van der Waals surface area contributed by atoms with Crippen LogP contribution in [0.4, 0.5) is 5.69 Å². The van der Waals surface area contributed by atoms with E-state index < -0.39 is 0 Å².